The highest BCUT2D eigenvalue weighted by atomic mass is 19.1. The number of rotatable bonds is 13. The number of fused-ring (bicyclic) bond motifs is 1. The predicted octanol–water partition coefficient (Wildman–Crippen LogP) is 6.27. The first-order valence-corrected chi connectivity index (χ1v) is 13.3. The Hall–Kier alpha value is -4.79. The molecule has 0 saturated heterocycles. The summed E-state index contributed by atoms with van der Waals surface area (Å²) in [6.45, 7) is 3.45. The van der Waals surface area contributed by atoms with Crippen LogP contribution in [0.3, 0.4) is 0 Å². The van der Waals surface area contributed by atoms with E-state index < -0.39 is 17.9 Å². The second-order valence-corrected chi connectivity index (χ2v) is 9.56. The van der Waals surface area contributed by atoms with Gasteiger partial charge in [-0.05, 0) is 48.7 Å². The van der Waals surface area contributed by atoms with Gasteiger partial charge in [0.15, 0.2) is 5.78 Å². The van der Waals surface area contributed by atoms with E-state index in [-0.39, 0.29) is 44.1 Å². The number of benzene rings is 3. The second kappa shape index (κ2) is 13.5. The number of hydrogen-bond acceptors (Lipinski definition) is 7. The van der Waals surface area contributed by atoms with Gasteiger partial charge in [-0.15, -0.1) is 0 Å². The molecule has 212 valence electrons. The highest BCUT2D eigenvalue weighted by Gasteiger charge is 2.24. The van der Waals surface area contributed by atoms with Gasteiger partial charge < -0.3 is 19.9 Å². The molecule has 1 unspecified atom stereocenters. The number of carboxylic acids is 1. The normalized spacial score (nSPS) is 11.6. The van der Waals surface area contributed by atoms with Crippen LogP contribution >= 0.6 is 0 Å². The molecule has 1 atom stereocenters. The molecule has 1 aromatic heterocycles. The van der Waals surface area contributed by atoms with Crippen molar-refractivity contribution in [3.63, 3.8) is 0 Å². The lowest BCUT2D eigenvalue weighted by Crippen LogP contribution is -2.24. The molecule has 0 radical (unpaired) electrons. The monoisotopic (exact) mass is 558 g/mol. The number of nitrogens with one attached hydrogen (secondary N) is 1. The third-order valence-electron chi connectivity index (χ3n) is 6.59. The lowest BCUT2D eigenvalue weighted by Gasteiger charge is -2.17. The maximum absolute atomic E-state index is 13.7. The largest absolute Gasteiger partial charge is 0.488 e. The topological polar surface area (TPSA) is 115 Å². The summed E-state index contributed by atoms with van der Waals surface area (Å²) in [5.41, 5.74) is 3.58. The fourth-order valence-electron chi connectivity index (χ4n) is 4.51. The molecule has 0 bridgehead atoms. The van der Waals surface area contributed by atoms with Crippen LogP contribution in [0.5, 0.6) is 5.75 Å². The molecule has 0 spiro atoms. The number of anilines is 2. The number of Topliss-reactive ketones (excluding diaryl/α,β-unsaturated/α-hetero) is 1. The molecule has 8 nitrogen and oxygen atoms in total. The summed E-state index contributed by atoms with van der Waals surface area (Å²) in [6.07, 6.45) is 1.67. The number of pyridine rings is 1. The first-order chi connectivity index (χ1) is 19.8. The summed E-state index contributed by atoms with van der Waals surface area (Å²) in [7, 11) is 0. The van der Waals surface area contributed by atoms with Crippen molar-refractivity contribution in [2.75, 3.05) is 18.5 Å². The summed E-state index contributed by atoms with van der Waals surface area (Å²) in [4.78, 5) is 41.2. The molecule has 0 amide bonds. The zero-order valence-electron chi connectivity index (χ0n) is 22.9. The Kier molecular flexibility index (Phi) is 9.63. The van der Waals surface area contributed by atoms with Gasteiger partial charge in [-0.3, -0.25) is 19.4 Å². The number of ketones is 1. The SMILES string of the molecule is CCC(=O)c1cnc2c(OCCOC(=O)C(CC(=O)O)Cc3ccccc3)cccc2c1Nc1ccc(F)cc1C. The van der Waals surface area contributed by atoms with E-state index in [2.05, 4.69) is 10.3 Å². The average molecular weight is 559 g/mol. The van der Waals surface area contributed by atoms with Crippen LogP contribution < -0.4 is 10.1 Å². The standard InChI is InChI=1S/C32H31FN2O6/c1-3-27(36)25-19-34-31-24(30(25)35-26-13-12-23(33)16-20(26)2)10-7-11-28(31)40-14-15-41-32(39)22(18-29(37)38)17-21-8-5-4-6-9-21/h4-13,16,19,22H,3,14-15,17-18H2,1-2H3,(H,34,35)(H,37,38). The Morgan fingerprint density at radius 2 is 1.80 bits per heavy atom. The Labute approximate surface area is 237 Å². The molecule has 4 aromatic rings. The van der Waals surface area contributed by atoms with Crippen molar-refractivity contribution < 1.29 is 33.4 Å². The minimum absolute atomic E-state index is 0.00708. The van der Waals surface area contributed by atoms with E-state index in [1.54, 1.807) is 32.0 Å². The third kappa shape index (κ3) is 7.45. The Morgan fingerprint density at radius 3 is 2.51 bits per heavy atom. The van der Waals surface area contributed by atoms with Crippen molar-refractivity contribution in [1.82, 2.24) is 4.98 Å². The number of carbonyl (C=O) groups excluding carboxylic acids is 2. The minimum atomic E-state index is -1.08. The molecule has 0 aliphatic rings. The maximum atomic E-state index is 13.7. The third-order valence-corrected chi connectivity index (χ3v) is 6.59. The number of nitrogens with zero attached hydrogens (tertiary/aromatic N) is 1. The lowest BCUT2D eigenvalue weighted by atomic mass is 9.96. The van der Waals surface area contributed by atoms with Crippen molar-refractivity contribution in [3.05, 3.63) is 95.4 Å². The summed E-state index contributed by atoms with van der Waals surface area (Å²) in [6, 6.07) is 18.8. The van der Waals surface area contributed by atoms with Crippen molar-refractivity contribution in [2.45, 2.75) is 33.1 Å². The highest BCUT2D eigenvalue weighted by molar-refractivity contribution is 6.09. The number of carbonyl (C=O) groups is 3. The maximum Gasteiger partial charge on any atom is 0.309 e. The van der Waals surface area contributed by atoms with Crippen LogP contribution in [-0.2, 0) is 20.7 Å². The number of ether oxygens (including phenoxy) is 2. The highest BCUT2D eigenvalue weighted by Crippen LogP contribution is 2.35. The van der Waals surface area contributed by atoms with Crippen molar-refractivity contribution >= 4 is 40.0 Å². The number of para-hydroxylation sites is 1. The predicted molar refractivity (Wildman–Crippen MR) is 153 cm³/mol. The van der Waals surface area contributed by atoms with Crippen LogP contribution in [0.1, 0.15) is 41.3 Å². The van der Waals surface area contributed by atoms with Crippen LogP contribution in [0.4, 0.5) is 15.8 Å². The summed E-state index contributed by atoms with van der Waals surface area (Å²) in [5.74, 6) is -2.57. The van der Waals surface area contributed by atoms with Crippen LogP contribution in [0.25, 0.3) is 10.9 Å². The number of carboxylic acid groups (broad SMARTS) is 1. The average Bonchev–Trinajstić information content (AvgIpc) is 2.96. The van der Waals surface area contributed by atoms with Crippen LogP contribution in [0.15, 0.2) is 72.9 Å². The fraction of sp³-hybridized carbons (Fsp3) is 0.250. The van der Waals surface area contributed by atoms with Gasteiger partial charge >= 0.3 is 11.9 Å². The molecule has 0 saturated carbocycles. The minimum Gasteiger partial charge on any atom is -0.488 e. The van der Waals surface area contributed by atoms with Gasteiger partial charge in [0.2, 0.25) is 0 Å². The van der Waals surface area contributed by atoms with Gasteiger partial charge in [-0.1, -0.05) is 49.4 Å². The molecule has 0 aliphatic heterocycles. The van der Waals surface area contributed by atoms with Gasteiger partial charge in [0.25, 0.3) is 0 Å². The quantitative estimate of drug-likeness (QED) is 0.112. The summed E-state index contributed by atoms with van der Waals surface area (Å²) < 4.78 is 25.0. The molecule has 1 heterocycles. The van der Waals surface area contributed by atoms with Gasteiger partial charge in [0.1, 0.15) is 30.3 Å². The van der Waals surface area contributed by atoms with E-state index in [9.17, 15) is 23.9 Å². The first kappa shape index (κ1) is 29.2. The molecule has 0 fully saturated rings. The van der Waals surface area contributed by atoms with Crippen molar-refractivity contribution in [1.29, 1.82) is 0 Å². The van der Waals surface area contributed by atoms with Crippen LogP contribution in [0.2, 0.25) is 0 Å². The van der Waals surface area contributed by atoms with Crippen LogP contribution in [-0.4, -0.2) is 41.0 Å². The number of esters is 1. The zero-order valence-corrected chi connectivity index (χ0v) is 22.9. The molecule has 3 aromatic carbocycles. The van der Waals surface area contributed by atoms with Crippen molar-refractivity contribution in [2.24, 2.45) is 5.92 Å². The Bertz CT molecular complexity index is 1560. The van der Waals surface area contributed by atoms with Gasteiger partial charge in [-0.25, -0.2) is 4.39 Å². The van der Waals surface area contributed by atoms with E-state index in [0.717, 1.165) is 5.56 Å². The lowest BCUT2D eigenvalue weighted by molar-refractivity contribution is -0.153. The van der Waals surface area contributed by atoms with E-state index in [1.165, 1.54) is 18.3 Å². The van der Waals surface area contributed by atoms with Gasteiger partial charge in [0, 0.05) is 23.7 Å². The molecular weight excluding hydrogens is 527 g/mol. The molecule has 0 aliphatic carbocycles. The van der Waals surface area contributed by atoms with E-state index in [0.29, 0.717) is 39.2 Å². The van der Waals surface area contributed by atoms with E-state index in [1.807, 2.05) is 36.4 Å². The molecule has 41 heavy (non-hydrogen) atoms. The smallest absolute Gasteiger partial charge is 0.309 e. The molecule has 2 N–H and O–H groups in total. The Morgan fingerprint density at radius 1 is 1.02 bits per heavy atom. The fourth-order valence-corrected chi connectivity index (χ4v) is 4.51. The second-order valence-electron chi connectivity index (χ2n) is 9.56. The Balaban J connectivity index is 1.50. The van der Waals surface area contributed by atoms with E-state index >= 15 is 0 Å². The first-order valence-electron chi connectivity index (χ1n) is 13.3. The summed E-state index contributed by atoms with van der Waals surface area (Å²) in [5, 5.41) is 13.2. The number of aliphatic carboxylic acids is 1. The van der Waals surface area contributed by atoms with E-state index in [4.69, 9.17) is 9.47 Å². The van der Waals surface area contributed by atoms with Crippen LogP contribution in [0, 0.1) is 18.7 Å². The van der Waals surface area contributed by atoms with Gasteiger partial charge in [0.05, 0.1) is 23.6 Å². The molecule has 4 rings (SSSR count). The number of halogens is 1. The molecule has 9 heteroatoms. The van der Waals surface area contributed by atoms with Gasteiger partial charge in [-0.2, -0.15) is 0 Å². The van der Waals surface area contributed by atoms with Crippen molar-refractivity contribution in [3.8, 4) is 5.75 Å². The summed E-state index contributed by atoms with van der Waals surface area (Å²) >= 11 is 0. The number of hydrogen-bond donors (Lipinski definition) is 2. The zero-order chi connectivity index (χ0) is 29.4. The number of aromatic nitrogens is 1. The number of aryl methyl sites for hydroxylation is 1. The molecular formula is C32H31FN2O6.